The van der Waals surface area contributed by atoms with Crippen LogP contribution in [-0.4, -0.2) is 28.3 Å². The van der Waals surface area contributed by atoms with E-state index in [1.54, 1.807) is 13.3 Å². The summed E-state index contributed by atoms with van der Waals surface area (Å²) >= 11 is 1.41. The van der Waals surface area contributed by atoms with Crippen LogP contribution in [0.3, 0.4) is 0 Å². The standard InChI is InChI=1S/C20H21N3O2S/c1-14-5-4-6-15(2)19(14)22-18(24)13-26-20-21-11-12-23(20)16-7-9-17(25-3)10-8-16/h4-12H,13H2,1-3H3,(H,22,24). The van der Waals surface area contributed by atoms with E-state index in [0.717, 1.165) is 33.4 Å². The molecule has 0 radical (unpaired) electrons. The summed E-state index contributed by atoms with van der Waals surface area (Å²) < 4.78 is 7.14. The summed E-state index contributed by atoms with van der Waals surface area (Å²) in [6, 6.07) is 13.7. The third kappa shape index (κ3) is 4.08. The number of thioether (sulfide) groups is 1. The Morgan fingerprint density at radius 3 is 2.50 bits per heavy atom. The van der Waals surface area contributed by atoms with Gasteiger partial charge in [0.25, 0.3) is 0 Å². The lowest BCUT2D eigenvalue weighted by Gasteiger charge is -2.12. The first-order valence-corrected chi connectivity index (χ1v) is 9.23. The van der Waals surface area contributed by atoms with Crippen molar-refractivity contribution in [1.82, 2.24) is 9.55 Å². The van der Waals surface area contributed by atoms with Crippen LogP contribution in [0, 0.1) is 13.8 Å². The Bertz CT molecular complexity index is 883. The van der Waals surface area contributed by atoms with Gasteiger partial charge in [-0.3, -0.25) is 9.36 Å². The molecule has 3 aromatic rings. The van der Waals surface area contributed by atoms with Crippen LogP contribution in [-0.2, 0) is 4.79 Å². The number of nitrogens with zero attached hydrogens (tertiary/aromatic N) is 2. The number of ether oxygens (including phenoxy) is 1. The van der Waals surface area contributed by atoms with Gasteiger partial charge in [0.1, 0.15) is 5.75 Å². The van der Waals surface area contributed by atoms with Gasteiger partial charge in [0.15, 0.2) is 5.16 Å². The van der Waals surface area contributed by atoms with Crippen molar-refractivity contribution in [2.45, 2.75) is 19.0 Å². The van der Waals surface area contributed by atoms with E-state index in [4.69, 9.17) is 4.74 Å². The molecule has 1 amide bonds. The Labute approximate surface area is 157 Å². The molecule has 3 rings (SSSR count). The van der Waals surface area contributed by atoms with Gasteiger partial charge >= 0.3 is 0 Å². The van der Waals surface area contributed by atoms with E-state index < -0.39 is 0 Å². The topological polar surface area (TPSA) is 56.2 Å². The number of hydrogen-bond donors (Lipinski definition) is 1. The fraction of sp³-hybridized carbons (Fsp3) is 0.200. The maximum Gasteiger partial charge on any atom is 0.234 e. The third-order valence-corrected chi connectivity index (χ3v) is 5.00. The van der Waals surface area contributed by atoms with E-state index in [0.29, 0.717) is 5.75 Å². The smallest absolute Gasteiger partial charge is 0.234 e. The molecule has 1 N–H and O–H groups in total. The highest BCUT2D eigenvalue weighted by molar-refractivity contribution is 7.99. The lowest BCUT2D eigenvalue weighted by molar-refractivity contribution is -0.113. The van der Waals surface area contributed by atoms with Gasteiger partial charge in [-0.05, 0) is 49.2 Å². The molecule has 134 valence electrons. The van der Waals surface area contributed by atoms with Gasteiger partial charge in [0.05, 0.1) is 12.9 Å². The molecule has 0 unspecified atom stereocenters. The quantitative estimate of drug-likeness (QED) is 0.663. The Hall–Kier alpha value is -2.73. The number of rotatable bonds is 6. The number of hydrogen-bond acceptors (Lipinski definition) is 4. The maximum absolute atomic E-state index is 12.4. The number of methoxy groups -OCH3 is 1. The first kappa shape index (κ1) is 18.1. The Morgan fingerprint density at radius 1 is 1.15 bits per heavy atom. The summed E-state index contributed by atoms with van der Waals surface area (Å²) in [7, 11) is 1.64. The summed E-state index contributed by atoms with van der Waals surface area (Å²) in [5.74, 6) is 1.05. The molecule has 0 atom stereocenters. The summed E-state index contributed by atoms with van der Waals surface area (Å²) in [5.41, 5.74) is 3.98. The summed E-state index contributed by atoms with van der Waals surface area (Å²) in [5, 5.41) is 3.77. The minimum absolute atomic E-state index is 0.0447. The van der Waals surface area contributed by atoms with Gasteiger partial charge in [0, 0.05) is 23.8 Å². The fourth-order valence-electron chi connectivity index (χ4n) is 2.65. The molecule has 6 heteroatoms. The lowest BCUT2D eigenvalue weighted by atomic mass is 10.1. The van der Waals surface area contributed by atoms with Crippen molar-refractivity contribution < 1.29 is 9.53 Å². The molecule has 0 aliphatic rings. The van der Waals surface area contributed by atoms with E-state index in [-0.39, 0.29) is 5.91 Å². The number of amides is 1. The molecule has 0 saturated carbocycles. The number of nitrogens with one attached hydrogen (secondary N) is 1. The number of aryl methyl sites for hydroxylation is 2. The summed E-state index contributed by atoms with van der Waals surface area (Å²) in [4.78, 5) is 16.7. The third-order valence-electron chi connectivity index (χ3n) is 4.04. The van der Waals surface area contributed by atoms with E-state index in [9.17, 15) is 4.79 Å². The van der Waals surface area contributed by atoms with Crippen molar-refractivity contribution in [1.29, 1.82) is 0 Å². The molecule has 1 heterocycles. The zero-order chi connectivity index (χ0) is 18.5. The normalized spacial score (nSPS) is 10.6. The average molecular weight is 367 g/mol. The molecule has 0 saturated heterocycles. The number of aromatic nitrogens is 2. The second kappa shape index (κ2) is 8.10. The molecule has 0 bridgehead atoms. The first-order valence-electron chi connectivity index (χ1n) is 8.25. The van der Waals surface area contributed by atoms with Gasteiger partial charge in [-0.2, -0.15) is 0 Å². The monoisotopic (exact) mass is 367 g/mol. The fourth-order valence-corrected chi connectivity index (χ4v) is 3.43. The van der Waals surface area contributed by atoms with Crippen LogP contribution in [0.15, 0.2) is 60.0 Å². The number of para-hydroxylation sites is 1. The molecular formula is C20H21N3O2S. The van der Waals surface area contributed by atoms with Crippen LogP contribution in [0.5, 0.6) is 5.75 Å². The van der Waals surface area contributed by atoms with Crippen LogP contribution in [0.1, 0.15) is 11.1 Å². The van der Waals surface area contributed by atoms with Crippen LogP contribution in [0.4, 0.5) is 5.69 Å². The SMILES string of the molecule is COc1ccc(-n2ccnc2SCC(=O)Nc2c(C)cccc2C)cc1. The molecule has 0 spiro atoms. The molecule has 0 aliphatic carbocycles. The predicted molar refractivity (Wildman–Crippen MR) is 105 cm³/mol. The number of carbonyl (C=O) groups is 1. The predicted octanol–water partition coefficient (Wildman–Crippen LogP) is 4.23. The molecule has 0 aliphatic heterocycles. The summed E-state index contributed by atoms with van der Waals surface area (Å²) in [6.45, 7) is 3.98. The highest BCUT2D eigenvalue weighted by Crippen LogP contribution is 2.23. The number of anilines is 1. The van der Waals surface area contributed by atoms with Crippen LogP contribution in [0.25, 0.3) is 5.69 Å². The molecule has 0 fully saturated rings. The van der Waals surface area contributed by atoms with Crippen molar-refractivity contribution in [2.24, 2.45) is 0 Å². The molecular weight excluding hydrogens is 346 g/mol. The van der Waals surface area contributed by atoms with Gasteiger partial charge in [-0.25, -0.2) is 4.98 Å². The minimum atomic E-state index is -0.0447. The largest absolute Gasteiger partial charge is 0.497 e. The lowest BCUT2D eigenvalue weighted by Crippen LogP contribution is -2.16. The second-order valence-electron chi connectivity index (χ2n) is 5.88. The van der Waals surface area contributed by atoms with E-state index in [1.165, 1.54) is 11.8 Å². The first-order chi connectivity index (χ1) is 12.6. The van der Waals surface area contributed by atoms with Crippen molar-refractivity contribution in [2.75, 3.05) is 18.2 Å². The van der Waals surface area contributed by atoms with Gasteiger partial charge in [-0.1, -0.05) is 30.0 Å². The highest BCUT2D eigenvalue weighted by Gasteiger charge is 2.11. The Morgan fingerprint density at radius 2 is 1.85 bits per heavy atom. The van der Waals surface area contributed by atoms with E-state index in [2.05, 4.69) is 10.3 Å². The number of benzene rings is 2. The van der Waals surface area contributed by atoms with Gasteiger partial charge < -0.3 is 10.1 Å². The van der Waals surface area contributed by atoms with Gasteiger partial charge in [0.2, 0.25) is 5.91 Å². The second-order valence-corrected chi connectivity index (χ2v) is 6.82. The zero-order valence-electron chi connectivity index (χ0n) is 15.0. The summed E-state index contributed by atoms with van der Waals surface area (Å²) in [6.07, 6.45) is 3.61. The van der Waals surface area contributed by atoms with Crippen molar-refractivity contribution in [3.05, 3.63) is 66.0 Å². The zero-order valence-corrected chi connectivity index (χ0v) is 15.8. The van der Waals surface area contributed by atoms with Crippen LogP contribution < -0.4 is 10.1 Å². The molecule has 1 aromatic heterocycles. The van der Waals surface area contributed by atoms with E-state index >= 15 is 0 Å². The average Bonchev–Trinajstić information content (AvgIpc) is 3.12. The van der Waals surface area contributed by atoms with Gasteiger partial charge in [-0.15, -0.1) is 0 Å². The minimum Gasteiger partial charge on any atom is -0.497 e. The highest BCUT2D eigenvalue weighted by atomic mass is 32.2. The number of carbonyl (C=O) groups excluding carboxylic acids is 1. The van der Waals surface area contributed by atoms with Crippen molar-refractivity contribution in [3.8, 4) is 11.4 Å². The molecule has 26 heavy (non-hydrogen) atoms. The van der Waals surface area contributed by atoms with E-state index in [1.807, 2.05) is 67.1 Å². The molecule has 5 nitrogen and oxygen atoms in total. The molecule has 2 aromatic carbocycles. The number of imidazole rings is 1. The Balaban J connectivity index is 1.67. The maximum atomic E-state index is 12.4. The van der Waals surface area contributed by atoms with Crippen molar-refractivity contribution >= 4 is 23.4 Å². The van der Waals surface area contributed by atoms with Crippen molar-refractivity contribution in [3.63, 3.8) is 0 Å². The Kier molecular flexibility index (Phi) is 5.63. The van der Waals surface area contributed by atoms with Crippen LogP contribution in [0.2, 0.25) is 0 Å². The van der Waals surface area contributed by atoms with Crippen LogP contribution >= 0.6 is 11.8 Å².